The molecule has 5 rings (SSSR count). The smallest absolute Gasteiger partial charge is 0.333 e. The van der Waals surface area contributed by atoms with Crippen molar-refractivity contribution in [1.82, 2.24) is 5.06 Å². The van der Waals surface area contributed by atoms with Crippen LogP contribution in [0.2, 0.25) is 0 Å². The number of carbonyl (C=O) groups excluding carboxylic acids is 4. The van der Waals surface area contributed by atoms with E-state index in [2.05, 4.69) is 42.5 Å². The van der Waals surface area contributed by atoms with Crippen LogP contribution in [0.25, 0.3) is 29.6 Å². The number of rotatable bonds is 11. The van der Waals surface area contributed by atoms with Crippen molar-refractivity contribution in [2.24, 2.45) is 0 Å². The van der Waals surface area contributed by atoms with Gasteiger partial charge in [-0.15, -0.1) is 27.7 Å². The molecular formula is C29H29NO6S2. The van der Waals surface area contributed by atoms with Crippen LogP contribution in [0.1, 0.15) is 76.4 Å². The molecule has 1 aliphatic heterocycles. The van der Waals surface area contributed by atoms with Gasteiger partial charge in [0.15, 0.2) is 0 Å². The van der Waals surface area contributed by atoms with E-state index < -0.39 is 17.8 Å². The first kappa shape index (κ1) is 26.3. The van der Waals surface area contributed by atoms with Gasteiger partial charge in [-0.1, -0.05) is 49.6 Å². The van der Waals surface area contributed by atoms with E-state index in [9.17, 15) is 19.2 Å². The standard InChI is InChI=1S/C29H29NO6S2/c1-18(19-13-14-21-23(17-19)38-28-20-9-7-8-10-22(20)37-29(21)28)35-26(33)11-5-3-2-4-6-12-27(34)36-30-24(31)15-16-25(30)32/h7-10,13-14,17-18H,2-6,11-12,15-16H2,1H3. The third-order valence-corrected chi connectivity index (χ3v) is 9.27. The first-order valence-corrected chi connectivity index (χ1v) is 14.6. The minimum absolute atomic E-state index is 0.0908. The molecule has 1 aliphatic rings. The fraction of sp³-hybridized carbons (Fsp3) is 0.379. The predicted molar refractivity (Wildman–Crippen MR) is 149 cm³/mol. The summed E-state index contributed by atoms with van der Waals surface area (Å²) in [4.78, 5) is 52.0. The number of imide groups is 1. The van der Waals surface area contributed by atoms with Crippen molar-refractivity contribution >= 4 is 76.0 Å². The number of hydrogen-bond donors (Lipinski definition) is 0. The Kier molecular flexibility index (Phi) is 8.04. The second-order valence-electron chi connectivity index (χ2n) is 9.56. The topological polar surface area (TPSA) is 90.0 Å². The number of nitrogens with zero attached hydrogens (tertiary/aromatic N) is 1. The maximum atomic E-state index is 12.4. The highest BCUT2D eigenvalue weighted by atomic mass is 32.1. The third-order valence-electron chi connectivity index (χ3n) is 6.75. The maximum Gasteiger partial charge on any atom is 0.333 e. The van der Waals surface area contributed by atoms with Crippen LogP contribution in [-0.4, -0.2) is 28.8 Å². The SMILES string of the molecule is CC(OC(=O)CCCCCCCC(=O)ON1C(=O)CCC1=O)c1ccc2c(c1)sc1c3ccccc3sc21. The highest BCUT2D eigenvalue weighted by molar-refractivity contribution is 7.36. The van der Waals surface area contributed by atoms with Gasteiger partial charge in [-0.2, -0.15) is 0 Å². The minimum atomic E-state index is -0.569. The molecule has 0 aliphatic carbocycles. The molecule has 1 fully saturated rings. The molecule has 38 heavy (non-hydrogen) atoms. The Bertz CT molecular complexity index is 1500. The van der Waals surface area contributed by atoms with E-state index in [1.54, 1.807) is 11.3 Å². The molecule has 7 nitrogen and oxygen atoms in total. The van der Waals surface area contributed by atoms with Crippen LogP contribution in [-0.2, 0) is 28.8 Å². The quantitative estimate of drug-likeness (QED) is 0.111. The Balaban J connectivity index is 1.02. The lowest BCUT2D eigenvalue weighted by atomic mass is 10.1. The van der Waals surface area contributed by atoms with Crippen molar-refractivity contribution in [2.45, 2.75) is 70.8 Å². The molecule has 3 heterocycles. The molecule has 0 N–H and O–H groups in total. The molecule has 0 bridgehead atoms. The molecule has 0 radical (unpaired) electrons. The number of ether oxygens (including phenoxy) is 1. The molecule has 1 atom stereocenters. The van der Waals surface area contributed by atoms with Crippen LogP contribution in [0.15, 0.2) is 42.5 Å². The second-order valence-corrected chi connectivity index (χ2v) is 11.7. The summed E-state index contributed by atoms with van der Waals surface area (Å²) >= 11 is 3.61. The highest BCUT2D eigenvalue weighted by Gasteiger charge is 2.32. The zero-order chi connectivity index (χ0) is 26.6. The van der Waals surface area contributed by atoms with Gasteiger partial charge in [0, 0.05) is 45.9 Å². The van der Waals surface area contributed by atoms with Crippen LogP contribution in [0.5, 0.6) is 0 Å². The lowest BCUT2D eigenvalue weighted by Crippen LogP contribution is -2.31. The van der Waals surface area contributed by atoms with Gasteiger partial charge in [0.1, 0.15) is 6.10 Å². The van der Waals surface area contributed by atoms with Crippen molar-refractivity contribution in [2.75, 3.05) is 0 Å². The zero-order valence-corrected chi connectivity index (χ0v) is 22.8. The number of amides is 2. The van der Waals surface area contributed by atoms with Crippen LogP contribution in [0.3, 0.4) is 0 Å². The van der Waals surface area contributed by atoms with Gasteiger partial charge in [-0.3, -0.25) is 14.4 Å². The first-order valence-electron chi connectivity index (χ1n) is 13.0. The largest absolute Gasteiger partial charge is 0.458 e. The number of hydroxylamine groups is 2. The van der Waals surface area contributed by atoms with Crippen molar-refractivity contribution in [3.63, 3.8) is 0 Å². The Hall–Kier alpha value is -3.30. The van der Waals surface area contributed by atoms with Crippen molar-refractivity contribution < 1.29 is 28.8 Å². The van der Waals surface area contributed by atoms with E-state index >= 15 is 0 Å². The normalized spacial score (nSPS) is 14.6. The molecule has 1 saturated heterocycles. The fourth-order valence-electron chi connectivity index (χ4n) is 4.67. The predicted octanol–water partition coefficient (Wildman–Crippen LogP) is 7.21. The van der Waals surface area contributed by atoms with E-state index in [-0.39, 0.29) is 31.3 Å². The molecule has 1 unspecified atom stereocenters. The summed E-state index contributed by atoms with van der Waals surface area (Å²) in [6.45, 7) is 1.91. The number of thiophene rings is 2. The number of fused-ring (bicyclic) bond motifs is 5. The summed E-state index contributed by atoms with van der Waals surface area (Å²) in [6, 6.07) is 14.8. The average Bonchev–Trinajstić information content (AvgIpc) is 3.55. The van der Waals surface area contributed by atoms with Crippen LogP contribution in [0.4, 0.5) is 0 Å². The van der Waals surface area contributed by atoms with E-state index in [0.717, 1.165) is 31.2 Å². The maximum absolute atomic E-state index is 12.4. The average molecular weight is 552 g/mol. The van der Waals surface area contributed by atoms with Gasteiger partial charge >= 0.3 is 11.9 Å². The van der Waals surface area contributed by atoms with Gasteiger partial charge in [-0.05, 0) is 37.5 Å². The van der Waals surface area contributed by atoms with Crippen LogP contribution >= 0.6 is 22.7 Å². The number of benzene rings is 2. The summed E-state index contributed by atoms with van der Waals surface area (Å²) in [7, 11) is 0. The van der Waals surface area contributed by atoms with E-state index in [1.807, 2.05) is 18.3 Å². The lowest BCUT2D eigenvalue weighted by Gasteiger charge is -2.14. The lowest BCUT2D eigenvalue weighted by molar-refractivity contribution is -0.197. The van der Waals surface area contributed by atoms with Crippen molar-refractivity contribution in [3.05, 3.63) is 48.0 Å². The molecule has 9 heteroatoms. The summed E-state index contributed by atoms with van der Waals surface area (Å²) in [5.74, 6) is -1.71. The second kappa shape index (κ2) is 11.6. The molecule has 2 aromatic heterocycles. The molecule has 4 aromatic rings. The van der Waals surface area contributed by atoms with Gasteiger partial charge in [0.25, 0.3) is 11.8 Å². The number of hydrogen-bond acceptors (Lipinski definition) is 8. The van der Waals surface area contributed by atoms with Crippen molar-refractivity contribution in [3.8, 4) is 0 Å². The molecule has 0 saturated carbocycles. The molecule has 0 spiro atoms. The Labute approximate surface area is 228 Å². The van der Waals surface area contributed by atoms with Gasteiger partial charge < -0.3 is 9.57 Å². The minimum Gasteiger partial charge on any atom is -0.458 e. The summed E-state index contributed by atoms with van der Waals surface area (Å²) in [5.41, 5.74) is 0.994. The molecule has 2 aromatic carbocycles. The van der Waals surface area contributed by atoms with Gasteiger partial charge in [0.05, 0.1) is 9.40 Å². The third kappa shape index (κ3) is 5.73. The van der Waals surface area contributed by atoms with Crippen molar-refractivity contribution in [1.29, 1.82) is 0 Å². The van der Waals surface area contributed by atoms with Crippen LogP contribution in [0, 0.1) is 0 Å². The zero-order valence-electron chi connectivity index (χ0n) is 21.2. The van der Waals surface area contributed by atoms with Gasteiger partial charge in [0.2, 0.25) is 0 Å². The first-order chi connectivity index (χ1) is 18.4. The monoisotopic (exact) mass is 551 g/mol. The Morgan fingerprint density at radius 3 is 2.16 bits per heavy atom. The van der Waals surface area contributed by atoms with Gasteiger partial charge in [-0.25, -0.2) is 4.79 Å². The number of unbranched alkanes of at least 4 members (excludes halogenated alkanes) is 4. The molecule has 198 valence electrons. The van der Waals surface area contributed by atoms with E-state index in [0.29, 0.717) is 17.9 Å². The van der Waals surface area contributed by atoms with E-state index in [4.69, 9.17) is 9.57 Å². The number of carbonyl (C=O) groups is 4. The highest BCUT2D eigenvalue weighted by Crippen LogP contribution is 2.44. The Morgan fingerprint density at radius 1 is 0.816 bits per heavy atom. The molecular weight excluding hydrogens is 522 g/mol. The summed E-state index contributed by atoms with van der Waals surface area (Å²) < 4.78 is 10.8. The number of esters is 1. The van der Waals surface area contributed by atoms with Crippen LogP contribution < -0.4 is 0 Å². The Morgan fingerprint density at radius 2 is 1.42 bits per heavy atom. The fourth-order valence-corrected chi connectivity index (χ4v) is 7.37. The summed E-state index contributed by atoms with van der Waals surface area (Å²) in [6.07, 6.45) is 4.23. The summed E-state index contributed by atoms with van der Waals surface area (Å²) in [5, 5.41) is 3.13. The van der Waals surface area contributed by atoms with E-state index in [1.165, 1.54) is 29.6 Å². The molecule has 2 amide bonds.